The van der Waals surface area contributed by atoms with Crippen molar-refractivity contribution in [2.24, 2.45) is 23.7 Å². The average molecular weight is 166 g/mol. The molecule has 0 spiro atoms. The molecule has 2 fully saturated rings. The highest BCUT2D eigenvalue weighted by molar-refractivity contribution is 4.90. The van der Waals surface area contributed by atoms with E-state index in [1.54, 1.807) is 19.3 Å². The lowest BCUT2D eigenvalue weighted by atomic mass is 9.70. The van der Waals surface area contributed by atoms with Crippen LogP contribution in [0.3, 0.4) is 0 Å². The third-order valence-corrected chi connectivity index (χ3v) is 4.30. The van der Waals surface area contributed by atoms with Gasteiger partial charge in [-0.1, -0.05) is 26.7 Å². The van der Waals surface area contributed by atoms with Crippen molar-refractivity contribution in [1.29, 1.82) is 0 Å². The molecule has 4 unspecified atom stereocenters. The molecule has 70 valence electrons. The van der Waals surface area contributed by atoms with Gasteiger partial charge in [0.1, 0.15) is 0 Å². The summed E-state index contributed by atoms with van der Waals surface area (Å²) in [5, 5.41) is 0. The summed E-state index contributed by atoms with van der Waals surface area (Å²) in [6, 6.07) is 0. The summed E-state index contributed by atoms with van der Waals surface area (Å²) >= 11 is 0. The molecule has 0 amide bonds. The van der Waals surface area contributed by atoms with Gasteiger partial charge in [0.15, 0.2) is 0 Å². The quantitative estimate of drug-likeness (QED) is 0.595. The second-order valence-electron chi connectivity index (χ2n) is 4.91. The van der Waals surface area contributed by atoms with Gasteiger partial charge >= 0.3 is 0 Å². The third-order valence-electron chi connectivity index (χ3n) is 4.30. The summed E-state index contributed by atoms with van der Waals surface area (Å²) in [5.41, 5.74) is 0. The fraction of sp³-hybridized carbons (Fsp3) is 1.00. The zero-order chi connectivity index (χ0) is 8.55. The Morgan fingerprint density at radius 2 is 1.50 bits per heavy atom. The third kappa shape index (κ3) is 1.53. The minimum Gasteiger partial charge on any atom is -0.0651 e. The van der Waals surface area contributed by atoms with Crippen molar-refractivity contribution in [2.75, 3.05) is 0 Å². The first-order valence-electron chi connectivity index (χ1n) is 5.85. The molecule has 0 aliphatic heterocycles. The van der Waals surface area contributed by atoms with E-state index in [-0.39, 0.29) is 0 Å². The lowest BCUT2D eigenvalue weighted by Gasteiger charge is -2.36. The van der Waals surface area contributed by atoms with E-state index in [0.717, 1.165) is 23.7 Å². The standard InChI is InChI=1S/C12H22/c1-3-9-5-6-11(9)8-12-7-10(12)4-2/h9-12H,3-8H2,1-2H3. The van der Waals surface area contributed by atoms with Crippen LogP contribution in [0.15, 0.2) is 0 Å². The van der Waals surface area contributed by atoms with Gasteiger partial charge in [0.25, 0.3) is 0 Å². The van der Waals surface area contributed by atoms with E-state index in [4.69, 9.17) is 0 Å². The molecule has 0 radical (unpaired) electrons. The van der Waals surface area contributed by atoms with E-state index in [9.17, 15) is 0 Å². The Bertz CT molecular complexity index is 148. The molecule has 2 saturated carbocycles. The Labute approximate surface area is 76.7 Å². The summed E-state index contributed by atoms with van der Waals surface area (Å²) in [6.45, 7) is 4.71. The van der Waals surface area contributed by atoms with Gasteiger partial charge in [-0.25, -0.2) is 0 Å². The monoisotopic (exact) mass is 166 g/mol. The molecule has 0 aromatic rings. The summed E-state index contributed by atoms with van der Waals surface area (Å²) in [6.07, 6.45) is 9.10. The Morgan fingerprint density at radius 1 is 0.833 bits per heavy atom. The molecular weight excluding hydrogens is 144 g/mol. The van der Waals surface area contributed by atoms with Gasteiger partial charge in [-0.3, -0.25) is 0 Å². The molecule has 0 nitrogen and oxygen atoms in total. The minimum absolute atomic E-state index is 1.11. The van der Waals surface area contributed by atoms with Crippen molar-refractivity contribution in [2.45, 2.75) is 52.4 Å². The lowest BCUT2D eigenvalue weighted by molar-refractivity contribution is 0.149. The molecular formula is C12H22. The zero-order valence-corrected chi connectivity index (χ0v) is 8.55. The maximum atomic E-state index is 2.36. The van der Waals surface area contributed by atoms with Crippen LogP contribution < -0.4 is 0 Å². The second-order valence-corrected chi connectivity index (χ2v) is 4.91. The van der Waals surface area contributed by atoms with E-state index in [0.29, 0.717) is 0 Å². The maximum Gasteiger partial charge on any atom is -0.0380 e. The smallest absolute Gasteiger partial charge is 0.0380 e. The average Bonchev–Trinajstić information content (AvgIpc) is 2.78. The Hall–Kier alpha value is 0. The van der Waals surface area contributed by atoms with Crippen LogP contribution in [0.25, 0.3) is 0 Å². The van der Waals surface area contributed by atoms with Crippen molar-refractivity contribution in [1.82, 2.24) is 0 Å². The minimum atomic E-state index is 1.11. The van der Waals surface area contributed by atoms with E-state index < -0.39 is 0 Å². The highest BCUT2D eigenvalue weighted by Crippen LogP contribution is 2.50. The molecule has 0 aromatic carbocycles. The first-order valence-corrected chi connectivity index (χ1v) is 5.85. The van der Waals surface area contributed by atoms with Gasteiger partial charge in [-0.15, -0.1) is 0 Å². The van der Waals surface area contributed by atoms with Crippen LogP contribution in [0.2, 0.25) is 0 Å². The van der Waals surface area contributed by atoms with Crippen molar-refractivity contribution in [3.63, 3.8) is 0 Å². The van der Waals surface area contributed by atoms with Crippen LogP contribution in [0.5, 0.6) is 0 Å². The maximum absolute atomic E-state index is 2.36. The highest BCUT2D eigenvalue weighted by Gasteiger charge is 2.40. The van der Waals surface area contributed by atoms with Gasteiger partial charge in [0, 0.05) is 0 Å². The molecule has 2 aliphatic carbocycles. The van der Waals surface area contributed by atoms with Crippen LogP contribution in [-0.4, -0.2) is 0 Å². The van der Waals surface area contributed by atoms with Gasteiger partial charge in [-0.05, 0) is 49.4 Å². The van der Waals surface area contributed by atoms with Crippen LogP contribution in [-0.2, 0) is 0 Å². The second kappa shape index (κ2) is 3.40. The lowest BCUT2D eigenvalue weighted by Crippen LogP contribution is -2.25. The summed E-state index contributed by atoms with van der Waals surface area (Å²) < 4.78 is 0. The van der Waals surface area contributed by atoms with Crippen molar-refractivity contribution >= 4 is 0 Å². The number of hydrogen-bond donors (Lipinski definition) is 0. The largest absolute Gasteiger partial charge is 0.0651 e. The Morgan fingerprint density at radius 3 is 1.92 bits per heavy atom. The normalized spacial score (nSPS) is 45.5. The number of hydrogen-bond acceptors (Lipinski definition) is 0. The van der Waals surface area contributed by atoms with Crippen LogP contribution >= 0.6 is 0 Å². The molecule has 0 saturated heterocycles. The molecule has 4 atom stereocenters. The first-order chi connectivity index (χ1) is 5.85. The molecule has 0 N–H and O–H groups in total. The van der Waals surface area contributed by atoms with E-state index in [2.05, 4.69) is 13.8 Å². The highest BCUT2D eigenvalue weighted by atomic mass is 14.5. The summed E-state index contributed by atoms with van der Waals surface area (Å²) in [5.74, 6) is 4.53. The van der Waals surface area contributed by atoms with Crippen LogP contribution in [0.4, 0.5) is 0 Å². The molecule has 0 aromatic heterocycles. The molecule has 0 bridgehead atoms. The topological polar surface area (TPSA) is 0 Å². The van der Waals surface area contributed by atoms with Gasteiger partial charge in [0.2, 0.25) is 0 Å². The predicted octanol–water partition coefficient (Wildman–Crippen LogP) is 3.86. The first kappa shape index (κ1) is 8.59. The van der Waals surface area contributed by atoms with Crippen LogP contribution in [0, 0.1) is 23.7 Å². The summed E-state index contributed by atoms with van der Waals surface area (Å²) in [4.78, 5) is 0. The zero-order valence-electron chi connectivity index (χ0n) is 8.55. The Balaban J connectivity index is 1.68. The van der Waals surface area contributed by atoms with Gasteiger partial charge < -0.3 is 0 Å². The molecule has 0 heteroatoms. The fourth-order valence-corrected chi connectivity index (χ4v) is 2.97. The van der Waals surface area contributed by atoms with E-state index >= 15 is 0 Å². The fourth-order valence-electron chi connectivity index (χ4n) is 2.97. The van der Waals surface area contributed by atoms with Crippen LogP contribution in [0.1, 0.15) is 52.4 Å². The SMILES string of the molecule is CCC1CCC1CC1CC1CC. The van der Waals surface area contributed by atoms with Gasteiger partial charge in [0.05, 0.1) is 0 Å². The number of rotatable bonds is 4. The van der Waals surface area contributed by atoms with Crippen molar-refractivity contribution in [3.05, 3.63) is 0 Å². The molecule has 2 rings (SSSR count). The molecule has 0 heterocycles. The van der Waals surface area contributed by atoms with E-state index in [1.807, 2.05) is 0 Å². The van der Waals surface area contributed by atoms with Crippen molar-refractivity contribution in [3.8, 4) is 0 Å². The Kier molecular flexibility index (Phi) is 2.43. The van der Waals surface area contributed by atoms with Crippen molar-refractivity contribution < 1.29 is 0 Å². The van der Waals surface area contributed by atoms with E-state index in [1.165, 1.54) is 19.3 Å². The van der Waals surface area contributed by atoms with Gasteiger partial charge in [-0.2, -0.15) is 0 Å². The summed E-state index contributed by atoms with van der Waals surface area (Å²) in [7, 11) is 0. The predicted molar refractivity (Wildman–Crippen MR) is 53.0 cm³/mol. The molecule has 2 aliphatic rings. The molecule has 12 heavy (non-hydrogen) atoms.